The molecule has 17 heavy (non-hydrogen) atoms. The molecule has 0 aliphatic rings. The van der Waals surface area contributed by atoms with E-state index >= 15 is 0 Å². The zero-order chi connectivity index (χ0) is 11.5. The van der Waals surface area contributed by atoms with Crippen LogP contribution in [0.1, 0.15) is 5.56 Å². The van der Waals surface area contributed by atoms with Crippen molar-refractivity contribution in [3.63, 3.8) is 0 Å². The van der Waals surface area contributed by atoms with Gasteiger partial charge in [-0.15, -0.1) is 0 Å². The summed E-state index contributed by atoms with van der Waals surface area (Å²) in [4.78, 5) is 24.9. The normalized spacial score (nSPS) is 9.71. The molecular weight excluding hydrogens is 319 g/mol. The summed E-state index contributed by atoms with van der Waals surface area (Å²) >= 11 is 0. The Hall–Kier alpha value is -1.43. The van der Waals surface area contributed by atoms with Crippen molar-refractivity contribution in [1.29, 1.82) is 0 Å². The molecule has 1 aromatic carbocycles. The van der Waals surface area contributed by atoms with E-state index in [-0.39, 0.29) is 28.9 Å². The number of hydrogen-bond donors (Lipinski definition) is 1. The van der Waals surface area contributed by atoms with E-state index in [1.807, 2.05) is 6.07 Å². The minimum Gasteiger partial charge on any atom is -0.311 e. The van der Waals surface area contributed by atoms with Gasteiger partial charge in [0, 0.05) is 28.6 Å². The van der Waals surface area contributed by atoms with Crippen LogP contribution in [-0.2, 0) is 28.9 Å². The Balaban J connectivity index is 0.00000144. The van der Waals surface area contributed by atoms with Crippen LogP contribution in [0.5, 0.6) is 0 Å². The van der Waals surface area contributed by atoms with Crippen molar-refractivity contribution in [3.8, 4) is 0 Å². The second kappa shape index (κ2) is 5.77. The van der Waals surface area contributed by atoms with Crippen molar-refractivity contribution in [2.24, 2.45) is 0 Å². The van der Waals surface area contributed by atoms with Crippen molar-refractivity contribution in [2.75, 3.05) is 0 Å². The molecule has 0 aliphatic heterocycles. The number of benzene rings is 1. The number of hydrogen-bond acceptors (Lipinski definition) is 2. The molecule has 1 N–H and O–H groups in total. The Morgan fingerprint density at radius 3 is 2.47 bits per heavy atom. The average Bonchev–Trinajstić information content (AvgIpc) is 2.31. The molecule has 1 radical (unpaired) electrons. The fourth-order valence-corrected chi connectivity index (χ4v) is 1.40. The minimum atomic E-state index is -0.962. The first kappa shape index (κ1) is 13.6. The summed E-state index contributed by atoms with van der Waals surface area (Å²) in [6.07, 6.45) is 0.770. The van der Waals surface area contributed by atoms with Crippen LogP contribution < -0.4 is 11.2 Å². The van der Waals surface area contributed by atoms with E-state index < -0.39 is 17.1 Å². The number of nitrogens with one attached hydrogen (secondary N) is 1. The molecule has 0 aliphatic carbocycles. The zero-order valence-electron chi connectivity index (χ0n) is 8.61. The zero-order valence-corrected chi connectivity index (χ0v) is 10.1. The quantitative estimate of drug-likeness (QED) is 0.826. The van der Waals surface area contributed by atoms with Crippen LogP contribution in [-0.4, -0.2) is 9.55 Å². The molecule has 93 valence electrons. The second-order valence-corrected chi connectivity index (χ2v) is 3.32. The third kappa shape index (κ3) is 3.03. The standard InChI is InChI=1S/C11H9FN2O2.Ag/c12-9-6-13-11(16)14(10(9)15)7-8-4-2-1-3-5-8;/h1-6H,7H2,(H,13,16);. The maximum Gasteiger partial charge on any atom is 0.328 e. The molecule has 0 bridgehead atoms. The van der Waals surface area contributed by atoms with Gasteiger partial charge in [0.1, 0.15) is 0 Å². The summed E-state index contributed by atoms with van der Waals surface area (Å²) < 4.78 is 13.8. The van der Waals surface area contributed by atoms with E-state index in [9.17, 15) is 14.0 Å². The van der Waals surface area contributed by atoms with Gasteiger partial charge in [-0.25, -0.2) is 4.79 Å². The minimum absolute atomic E-state index is 0. The fourth-order valence-electron chi connectivity index (χ4n) is 1.40. The first-order valence-corrected chi connectivity index (χ1v) is 4.70. The van der Waals surface area contributed by atoms with Crippen LogP contribution >= 0.6 is 0 Å². The first-order chi connectivity index (χ1) is 7.68. The van der Waals surface area contributed by atoms with Gasteiger partial charge in [-0.2, -0.15) is 4.39 Å². The van der Waals surface area contributed by atoms with Gasteiger partial charge in [0.2, 0.25) is 5.82 Å². The number of H-pyrrole nitrogens is 1. The van der Waals surface area contributed by atoms with E-state index in [0.29, 0.717) is 0 Å². The molecule has 4 nitrogen and oxygen atoms in total. The molecule has 0 unspecified atom stereocenters. The molecule has 0 atom stereocenters. The van der Waals surface area contributed by atoms with Crippen LogP contribution in [0.2, 0.25) is 0 Å². The van der Waals surface area contributed by atoms with E-state index in [1.165, 1.54) is 0 Å². The number of nitrogens with zero attached hydrogens (tertiary/aromatic N) is 1. The molecule has 0 saturated heterocycles. The van der Waals surface area contributed by atoms with Gasteiger partial charge >= 0.3 is 5.69 Å². The molecule has 0 spiro atoms. The van der Waals surface area contributed by atoms with Crippen molar-refractivity contribution in [2.45, 2.75) is 6.54 Å². The SMILES string of the molecule is O=c1[nH]cc(F)c(=O)n1Cc1ccccc1.[Ag]. The average molecular weight is 328 g/mol. The van der Waals surface area contributed by atoms with E-state index in [0.717, 1.165) is 16.3 Å². The van der Waals surface area contributed by atoms with Crippen LogP contribution in [0.25, 0.3) is 0 Å². The van der Waals surface area contributed by atoms with Crippen LogP contribution in [0.3, 0.4) is 0 Å². The van der Waals surface area contributed by atoms with Crippen molar-refractivity contribution in [3.05, 3.63) is 68.7 Å². The Labute approximate surface area is 112 Å². The molecular formula is C11H9AgFN2O2. The topological polar surface area (TPSA) is 54.9 Å². The van der Waals surface area contributed by atoms with Crippen molar-refractivity contribution < 1.29 is 26.8 Å². The van der Waals surface area contributed by atoms with Gasteiger partial charge in [-0.1, -0.05) is 30.3 Å². The Morgan fingerprint density at radius 2 is 1.82 bits per heavy atom. The predicted molar refractivity (Wildman–Crippen MR) is 56.8 cm³/mol. The maximum absolute atomic E-state index is 13.0. The molecule has 2 aromatic rings. The van der Waals surface area contributed by atoms with Gasteiger partial charge in [-0.3, -0.25) is 9.36 Å². The third-order valence-corrected chi connectivity index (χ3v) is 2.20. The monoisotopic (exact) mass is 327 g/mol. The Bertz CT molecular complexity index is 607. The summed E-state index contributed by atoms with van der Waals surface area (Å²) in [5, 5.41) is 0. The van der Waals surface area contributed by atoms with E-state index in [4.69, 9.17) is 0 Å². The Kier molecular flexibility index (Phi) is 4.63. The maximum atomic E-state index is 13.0. The second-order valence-electron chi connectivity index (χ2n) is 3.32. The fraction of sp³-hybridized carbons (Fsp3) is 0.0909. The predicted octanol–water partition coefficient (Wildman–Crippen LogP) is 0.722. The summed E-state index contributed by atoms with van der Waals surface area (Å²) in [7, 11) is 0. The molecule has 1 heterocycles. The van der Waals surface area contributed by atoms with E-state index in [2.05, 4.69) is 4.98 Å². The molecule has 0 saturated carbocycles. The van der Waals surface area contributed by atoms with Crippen molar-refractivity contribution in [1.82, 2.24) is 9.55 Å². The molecule has 0 amide bonds. The largest absolute Gasteiger partial charge is 0.328 e. The summed E-state index contributed by atoms with van der Waals surface area (Å²) in [6, 6.07) is 8.91. The van der Waals surface area contributed by atoms with Gasteiger partial charge in [0.15, 0.2) is 0 Å². The molecule has 2 rings (SSSR count). The van der Waals surface area contributed by atoms with Gasteiger partial charge in [0.25, 0.3) is 5.56 Å². The Morgan fingerprint density at radius 1 is 1.18 bits per heavy atom. The molecule has 6 heteroatoms. The summed E-state index contributed by atoms with van der Waals surface area (Å²) in [6.45, 7) is 0.0623. The molecule has 1 aromatic heterocycles. The van der Waals surface area contributed by atoms with Gasteiger partial charge in [-0.05, 0) is 5.56 Å². The number of aromatic amines is 1. The van der Waals surface area contributed by atoms with Crippen LogP contribution in [0, 0.1) is 5.82 Å². The summed E-state index contributed by atoms with van der Waals surface area (Å²) in [5.41, 5.74) is -0.761. The number of rotatable bonds is 2. The number of halogens is 1. The van der Waals surface area contributed by atoms with Gasteiger partial charge < -0.3 is 4.98 Å². The van der Waals surface area contributed by atoms with Crippen LogP contribution in [0.15, 0.2) is 46.1 Å². The molecule has 0 fully saturated rings. The van der Waals surface area contributed by atoms with Crippen LogP contribution in [0.4, 0.5) is 4.39 Å². The van der Waals surface area contributed by atoms with Gasteiger partial charge in [0.05, 0.1) is 6.54 Å². The van der Waals surface area contributed by atoms with Crippen molar-refractivity contribution >= 4 is 0 Å². The number of aromatic nitrogens is 2. The first-order valence-electron chi connectivity index (χ1n) is 4.70. The smallest absolute Gasteiger partial charge is 0.311 e. The third-order valence-electron chi connectivity index (χ3n) is 2.20. The van der Waals surface area contributed by atoms with E-state index in [1.54, 1.807) is 24.3 Å². The summed E-state index contributed by atoms with van der Waals surface area (Å²) in [5.74, 6) is -0.962.